The van der Waals surface area contributed by atoms with Crippen LogP contribution in [0.3, 0.4) is 0 Å². The molecule has 7 heteroatoms. The average molecular weight is 280 g/mol. The molecule has 3 rings (SSSR count). The van der Waals surface area contributed by atoms with Crippen molar-refractivity contribution in [3.8, 4) is 11.4 Å². The predicted molar refractivity (Wildman–Crippen MR) is 71.7 cm³/mol. The lowest BCUT2D eigenvalue weighted by atomic mass is 9.89. The van der Waals surface area contributed by atoms with Crippen molar-refractivity contribution < 1.29 is 4.74 Å². The highest BCUT2D eigenvalue weighted by molar-refractivity contribution is 6.31. The maximum atomic E-state index is 5.98. The number of tetrazole rings is 1. The first-order chi connectivity index (χ1) is 9.19. The van der Waals surface area contributed by atoms with E-state index in [0.29, 0.717) is 22.6 Å². The normalized spacial score (nSPS) is 22.2. The van der Waals surface area contributed by atoms with Crippen LogP contribution in [0.4, 0.5) is 5.69 Å². The van der Waals surface area contributed by atoms with Gasteiger partial charge in [-0.1, -0.05) is 11.6 Å². The summed E-state index contributed by atoms with van der Waals surface area (Å²) in [7, 11) is 1.72. The molecule has 0 spiro atoms. The number of ether oxygens (including phenoxy) is 1. The number of methoxy groups -OCH3 is 1. The minimum Gasteiger partial charge on any atom is -0.398 e. The molecular weight excluding hydrogens is 266 g/mol. The molecule has 0 saturated heterocycles. The highest BCUT2D eigenvalue weighted by Gasteiger charge is 2.33. The number of rotatable bonds is 3. The van der Waals surface area contributed by atoms with Gasteiger partial charge >= 0.3 is 0 Å². The molecule has 0 amide bonds. The van der Waals surface area contributed by atoms with Crippen LogP contribution in [-0.4, -0.2) is 33.4 Å². The minimum atomic E-state index is 0.269. The third kappa shape index (κ3) is 2.17. The third-order valence-corrected chi connectivity index (χ3v) is 3.73. The standard InChI is InChI=1S/C12H14ClN5O/c1-19-9-5-8(6-9)18-12(15-16-17-18)10-3-2-7(13)4-11(10)14/h2-4,8-9H,5-6,14H2,1H3. The van der Waals surface area contributed by atoms with Gasteiger partial charge in [-0.3, -0.25) is 0 Å². The number of nitrogens with two attached hydrogens (primary N) is 1. The summed E-state index contributed by atoms with van der Waals surface area (Å²) in [6, 6.07) is 5.59. The zero-order valence-electron chi connectivity index (χ0n) is 10.5. The lowest BCUT2D eigenvalue weighted by Gasteiger charge is -2.34. The first-order valence-electron chi connectivity index (χ1n) is 6.05. The van der Waals surface area contributed by atoms with Crippen LogP contribution in [0.25, 0.3) is 11.4 Å². The van der Waals surface area contributed by atoms with Crippen LogP contribution < -0.4 is 5.73 Å². The largest absolute Gasteiger partial charge is 0.398 e. The maximum absolute atomic E-state index is 5.98. The molecule has 0 unspecified atom stereocenters. The van der Waals surface area contributed by atoms with Crippen LogP contribution >= 0.6 is 11.6 Å². The quantitative estimate of drug-likeness (QED) is 0.869. The highest BCUT2D eigenvalue weighted by atomic mass is 35.5. The maximum Gasteiger partial charge on any atom is 0.184 e. The molecule has 0 radical (unpaired) electrons. The molecule has 0 bridgehead atoms. The summed E-state index contributed by atoms with van der Waals surface area (Å²) in [5.74, 6) is 0.675. The number of anilines is 1. The Kier molecular flexibility index (Phi) is 3.12. The predicted octanol–water partition coefficient (Wildman–Crippen LogP) is 1.93. The van der Waals surface area contributed by atoms with E-state index < -0.39 is 0 Å². The average Bonchev–Trinajstić information content (AvgIpc) is 2.76. The Morgan fingerprint density at radius 2 is 2.21 bits per heavy atom. The Hall–Kier alpha value is -1.66. The Morgan fingerprint density at radius 1 is 1.42 bits per heavy atom. The van der Waals surface area contributed by atoms with Gasteiger partial charge in [-0.15, -0.1) is 5.10 Å². The molecule has 2 aromatic rings. The van der Waals surface area contributed by atoms with Crippen LogP contribution in [-0.2, 0) is 4.74 Å². The summed E-state index contributed by atoms with van der Waals surface area (Å²) >= 11 is 5.90. The van der Waals surface area contributed by atoms with Gasteiger partial charge in [0.05, 0.1) is 12.1 Å². The van der Waals surface area contributed by atoms with Crippen LogP contribution in [0.2, 0.25) is 5.02 Å². The van der Waals surface area contributed by atoms with Gasteiger partial charge in [0.25, 0.3) is 0 Å². The van der Waals surface area contributed by atoms with Crippen molar-refractivity contribution in [3.63, 3.8) is 0 Å². The summed E-state index contributed by atoms with van der Waals surface area (Å²) in [5, 5.41) is 12.5. The lowest BCUT2D eigenvalue weighted by molar-refractivity contribution is 0.00248. The van der Waals surface area contributed by atoms with E-state index in [4.69, 9.17) is 22.1 Å². The second kappa shape index (κ2) is 4.79. The molecule has 1 aromatic heterocycles. The monoisotopic (exact) mass is 279 g/mol. The SMILES string of the molecule is COC1CC(n2nnnc2-c2ccc(Cl)cc2N)C1. The van der Waals surface area contributed by atoms with Crippen molar-refractivity contribution in [2.24, 2.45) is 0 Å². The van der Waals surface area contributed by atoms with E-state index in [9.17, 15) is 0 Å². The number of hydrogen-bond donors (Lipinski definition) is 1. The van der Waals surface area contributed by atoms with E-state index >= 15 is 0 Å². The third-order valence-electron chi connectivity index (χ3n) is 3.50. The first-order valence-corrected chi connectivity index (χ1v) is 6.43. The molecule has 6 nitrogen and oxygen atoms in total. The fraction of sp³-hybridized carbons (Fsp3) is 0.417. The molecule has 2 N–H and O–H groups in total. The Labute approximate surface area is 115 Å². The van der Waals surface area contributed by atoms with E-state index in [1.54, 1.807) is 19.2 Å². The summed E-state index contributed by atoms with van der Waals surface area (Å²) in [6.07, 6.45) is 2.13. The topological polar surface area (TPSA) is 78.8 Å². The van der Waals surface area contributed by atoms with Gasteiger partial charge in [-0.05, 0) is 41.5 Å². The van der Waals surface area contributed by atoms with E-state index in [2.05, 4.69) is 15.5 Å². The zero-order valence-corrected chi connectivity index (χ0v) is 11.2. The molecule has 0 atom stereocenters. The second-order valence-corrected chi connectivity index (χ2v) is 5.10. The second-order valence-electron chi connectivity index (χ2n) is 4.66. The number of hydrogen-bond acceptors (Lipinski definition) is 5. The molecule has 0 aliphatic heterocycles. The summed E-state index contributed by atoms with van der Waals surface area (Å²) in [4.78, 5) is 0. The first kappa shape index (κ1) is 12.4. The summed E-state index contributed by atoms with van der Waals surface area (Å²) < 4.78 is 7.09. The molecule has 19 heavy (non-hydrogen) atoms. The minimum absolute atomic E-state index is 0.269. The van der Waals surface area contributed by atoms with Gasteiger partial charge in [-0.25, -0.2) is 4.68 Å². The van der Waals surface area contributed by atoms with Crippen molar-refractivity contribution in [1.29, 1.82) is 0 Å². The molecule has 1 fully saturated rings. The molecule has 1 heterocycles. The highest BCUT2D eigenvalue weighted by Crippen LogP contribution is 2.37. The van der Waals surface area contributed by atoms with E-state index in [1.165, 1.54) is 0 Å². The zero-order chi connectivity index (χ0) is 13.4. The Bertz CT molecular complexity index is 594. The Balaban J connectivity index is 1.92. The molecule has 1 saturated carbocycles. The van der Waals surface area contributed by atoms with E-state index in [-0.39, 0.29) is 6.04 Å². The van der Waals surface area contributed by atoms with Gasteiger partial charge in [0.15, 0.2) is 5.82 Å². The van der Waals surface area contributed by atoms with Gasteiger partial charge in [0.1, 0.15) is 0 Å². The van der Waals surface area contributed by atoms with Gasteiger partial charge in [0.2, 0.25) is 0 Å². The van der Waals surface area contributed by atoms with Crippen LogP contribution in [0, 0.1) is 0 Å². The molecular formula is C12H14ClN5O. The molecule has 1 aliphatic rings. The van der Waals surface area contributed by atoms with Gasteiger partial charge in [-0.2, -0.15) is 0 Å². The van der Waals surface area contributed by atoms with Crippen molar-refractivity contribution in [3.05, 3.63) is 23.2 Å². The fourth-order valence-electron chi connectivity index (χ4n) is 2.28. The number of halogens is 1. The van der Waals surface area contributed by atoms with Crippen molar-refractivity contribution in [2.75, 3.05) is 12.8 Å². The summed E-state index contributed by atoms with van der Waals surface area (Å²) in [6.45, 7) is 0. The van der Waals surface area contributed by atoms with Crippen LogP contribution in [0.15, 0.2) is 18.2 Å². The smallest absolute Gasteiger partial charge is 0.184 e. The van der Waals surface area contributed by atoms with Crippen molar-refractivity contribution in [1.82, 2.24) is 20.2 Å². The van der Waals surface area contributed by atoms with Gasteiger partial charge < -0.3 is 10.5 Å². The van der Waals surface area contributed by atoms with E-state index in [1.807, 2.05) is 10.7 Å². The van der Waals surface area contributed by atoms with Crippen molar-refractivity contribution in [2.45, 2.75) is 25.0 Å². The fourth-order valence-corrected chi connectivity index (χ4v) is 2.46. The lowest BCUT2D eigenvalue weighted by Crippen LogP contribution is -2.33. The number of benzene rings is 1. The number of nitrogen functional groups attached to an aromatic ring is 1. The Morgan fingerprint density at radius 3 is 2.89 bits per heavy atom. The number of aromatic nitrogens is 4. The van der Waals surface area contributed by atoms with Crippen LogP contribution in [0.1, 0.15) is 18.9 Å². The van der Waals surface area contributed by atoms with E-state index in [0.717, 1.165) is 18.4 Å². The molecule has 1 aromatic carbocycles. The molecule has 1 aliphatic carbocycles. The van der Waals surface area contributed by atoms with Crippen molar-refractivity contribution >= 4 is 17.3 Å². The molecule has 100 valence electrons. The number of nitrogens with zero attached hydrogens (tertiary/aromatic N) is 4. The van der Waals surface area contributed by atoms with Gasteiger partial charge in [0, 0.05) is 23.4 Å². The van der Waals surface area contributed by atoms with Crippen LogP contribution in [0.5, 0.6) is 0 Å². The summed E-state index contributed by atoms with van der Waals surface area (Å²) in [5.41, 5.74) is 7.35.